The number of piperazine rings is 1. The van der Waals surface area contributed by atoms with E-state index in [-0.39, 0.29) is 24.8 Å². The normalized spacial score (nSPS) is 25.6. The number of aromatic nitrogens is 2. The van der Waals surface area contributed by atoms with Gasteiger partial charge in [0, 0.05) is 51.4 Å². The number of nitrogens with two attached hydrogens (primary N) is 1. The Hall–Kier alpha value is -0.440. The van der Waals surface area contributed by atoms with Crippen LogP contribution in [0.15, 0.2) is 4.52 Å². The zero-order valence-electron chi connectivity index (χ0n) is 15.3. The third kappa shape index (κ3) is 6.05. The van der Waals surface area contributed by atoms with E-state index in [1.54, 1.807) is 0 Å². The van der Waals surface area contributed by atoms with Crippen LogP contribution >= 0.6 is 24.8 Å². The highest BCUT2D eigenvalue weighted by molar-refractivity contribution is 5.85. The molecule has 3 rings (SSSR count). The molecule has 0 aliphatic carbocycles. The van der Waals surface area contributed by atoms with E-state index >= 15 is 0 Å². The van der Waals surface area contributed by atoms with E-state index < -0.39 is 0 Å². The molecular weight excluding hydrogens is 363 g/mol. The highest BCUT2D eigenvalue weighted by Crippen LogP contribution is 2.22. The zero-order valence-corrected chi connectivity index (χ0v) is 16.9. The first-order chi connectivity index (χ1) is 11.2. The van der Waals surface area contributed by atoms with Gasteiger partial charge in [-0.1, -0.05) is 5.16 Å². The van der Waals surface area contributed by atoms with Gasteiger partial charge in [0.25, 0.3) is 0 Å². The van der Waals surface area contributed by atoms with Crippen molar-refractivity contribution in [2.45, 2.75) is 51.9 Å². The zero-order chi connectivity index (χ0) is 16.2. The first-order valence-electron chi connectivity index (χ1n) is 8.87. The van der Waals surface area contributed by atoms with Crippen LogP contribution in [0.1, 0.15) is 38.4 Å². The van der Waals surface area contributed by atoms with Gasteiger partial charge in [0.1, 0.15) is 0 Å². The molecule has 2 aliphatic heterocycles. The van der Waals surface area contributed by atoms with Gasteiger partial charge in [-0.15, -0.1) is 24.8 Å². The summed E-state index contributed by atoms with van der Waals surface area (Å²) in [5, 5.41) is 3.98. The molecule has 0 bridgehead atoms. The van der Waals surface area contributed by atoms with E-state index in [1.807, 2.05) is 0 Å². The fourth-order valence-corrected chi connectivity index (χ4v) is 3.75. The topological polar surface area (TPSA) is 74.7 Å². The molecule has 0 amide bonds. The summed E-state index contributed by atoms with van der Waals surface area (Å²) in [6.45, 7) is 12.6. The van der Waals surface area contributed by atoms with Crippen molar-refractivity contribution in [3.63, 3.8) is 0 Å². The molecule has 9 heteroatoms. The monoisotopic (exact) mass is 394 g/mol. The summed E-state index contributed by atoms with van der Waals surface area (Å²) in [6.07, 6.45) is 2.70. The maximum absolute atomic E-state index is 5.50. The average molecular weight is 395 g/mol. The summed E-state index contributed by atoms with van der Waals surface area (Å²) >= 11 is 0. The number of halogens is 2. The maximum atomic E-state index is 5.50. The molecule has 2 atom stereocenters. The second-order valence-electron chi connectivity index (χ2n) is 6.94. The van der Waals surface area contributed by atoms with Crippen LogP contribution in [0.25, 0.3) is 0 Å². The number of nitrogens with zero attached hydrogens (tertiary/aromatic N) is 5. The molecule has 2 unspecified atom stereocenters. The molecule has 1 aromatic heterocycles. The second kappa shape index (κ2) is 10.6. The molecule has 0 spiro atoms. The quantitative estimate of drug-likeness (QED) is 0.780. The molecule has 1 aromatic rings. The Morgan fingerprint density at radius 1 is 1.00 bits per heavy atom. The molecule has 2 saturated heterocycles. The molecule has 2 aliphatic rings. The first kappa shape index (κ1) is 22.6. The van der Waals surface area contributed by atoms with Gasteiger partial charge < -0.3 is 10.3 Å². The Labute approximate surface area is 163 Å². The van der Waals surface area contributed by atoms with Gasteiger partial charge in [0.15, 0.2) is 5.82 Å². The lowest BCUT2D eigenvalue weighted by atomic mass is 10.2. The predicted octanol–water partition coefficient (Wildman–Crippen LogP) is 1.36. The van der Waals surface area contributed by atoms with E-state index in [4.69, 9.17) is 10.3 Å². The summed E-state index contributed by atoms with van der Waals surface area (Å²) < 4.78 is 5.06. The van der Waals surface area contributed by atoms with E-state index in [1.165, 1.54) is 25.9 Å². The summed E-state index contributed by atoms with van der Waals surface area (Å²) in [5.41, 5.74) is 5.50. The number of hydrogen-bond donors (Lipinski definition) is 1. The third-order valence-corrected chi connectivity index (χ3v) is 5.32. The molecule has 0 radical (unpaired) electrons. The van der Waals surface area contributed by atoms with Crippen LogP contribution in [0.4, 0.5) is 0 Å². The lowest BCUT2D eigenvalue weighted by Gasteiger charge is -2.36. The second-order valence-corrected chi connectivity index (χ2v) is 6.94. The van der Waals surface area contributed by atoms with Crippen molar-refractivity contribution in [2.24, 2.45) is 5.73 Å². The summed E-state index contributed by atoms with van der Waals surface area (Å²) in [4.78, 5) is 11.9. The van der Waals surface area contributed by atoms with Crippen LogP contribution in [0.5, 0.6) is 0 Å². The Balaban J connectivity index is 0.00000156. The molecule has 2 fully saturated rings. The van der Waals surface area contributed by atoms with Crippen LogP contribution in [0, 0.1) is 0 Å². The van der Waals surface area contributed by atoms with Crippen LogP contribution in [0.2, 0.25) is 0 Å². The predicted molar refractivity (Wildman–Crippen MR) is 103 cm³/mol. The molecule has 2 N–H and O–H groups in total. The Kier molecular flexibility index (Phi) is 9.62. The summed E-state index contributed by atoms with van der Waals surface area (Å²) in [7, 11) is 0. The smallest absolute Gasteiger partial charge is 0.240 e. The van der Waals surface area contributed by atoms with E-state index in [9.17, 15) is 0 Å². The van der Waals surface area contributed by atoms with Gasteiger partial charge in [0.05, 0.1) is 13.1 Å². The van der Waals surface area contributed by atoms with Gasteiger partial charge in [-0.25, -0.2) is 0 Å². The molecule has 7 nitrogen and oxygen atoms in total. The van der Waals surface area contributed by atoms with Gasteiger partial charge >= 0.3 is 0 Å². The van der Waals surface area contributed by atoms with Crippen molar-refractivity contribution in [1.29, 1.82) is 0 Å². The molecule has 0 saturated carbocycles. The molecule has 0 aromatic carbocycles. The highest BCUT2D eigenvalue weighted by Gasteiger charge is 2.27. The van der Waals surface area contributed by atoms with Crippen LogP contribution in [-0.4, -0.2) is 76.2 Å². The maximum Gasteiger partial charge on any atom is 0.240 e. The number of hydrogen-bond acceptors (Lipinski definition) is 7. The minimum absolute atomic E-state index is 0. The van der Waals surface area contributed by atoms with Gasteiger partial charge in [0.2, 0.25) is 5.89 Å². The van der Waals surface area contributed by atoms with Gasteiger partial charge in [-0.3, -0.25) is 14.7 Å². The summed E-state index contributed by atoms with van der Waals surface area (Å²) in [6, 6.07) is 1.50. The largest absolute Gasteiger partial charge is 0.338 e. The standard InChI is InChI=1S/C16H30N6O.2ClH/c1-13-3-4-14(2)22(13)10-9-20-5-7-21(8-6-20)12-15-18-16(11-17)23-19-15;;/h13-14H,3-12,17H2,1-2H3;2*1H. The van der Waals surface area contributed by atoms with Gasteiger partial charge in [-0.05, 0) is 26.7 Å². The molecular formula is C16H32Cl2N6O. The minimum atomic E-state index is 0. The van der Waals surface area contributed by atoms with Crippen molar-refractivity contribution in [3.05, 3.63) is 11.7 Å². The van der Waals surface area contributed by atoms with Crippen LogP contribution < -0.4 is 5.73 Å². The lowest BCUT2D eigenvalue weighted by Crippen LogP contribution is -2.49. The fourth-order valence-electron chi connectivity index (χ4n) is 3.75. The lowest BCUT2D eigenvalue weighted by molar-refractivity contribution is 0.104. The van der Waals surface area contributed by atoms with E-state index in [0.29, 0.717) is 12.4 Å². The Morgan fingerprint density at radius 2 is 1.60 bits per heavy atom. The SMILES string of the molecule is CC1CCC(C)N1CCN1CCN(Cc2noc(CN)n2)CC1.Cl.Cl. The highest BCUT2D eigenvalue weighted by atomic mass is 35.5. The first-order valence-corrected chi connectivity index (χ1v) is 8.87. The average Bonchev–Trinajstić information content (AvgIpc) is 3.14. The van der Waals surface area contributed by atoms with Crippen molar-refractivity contribution < 1.29 is 4.52 Å². The van der Waals surface area contributed by atoms with Crippen LogP contribution in [-0.2, 0) is 13.1 Å². The van der Waals surface area contributed by atoms with Crippen molar-refractivity contribution in [1.82, 2.24) is 24.8 Å². The van der Waals surface area contributed by atoms with Crippen molar-refractivity contribution in [3.8, 4) is 0 Å². The van der Waals surface area contributed by atoms with Gasteiger partial charge in [-0.2, -0.15) is 4.98 Å². The molecule has 146 valence electrons. The van der Waals surface area contributed by atoms with E-state index in [0.717, 1.165) is 50.6 Å². The van der Waals surface area contributed by atoms with E-state index in [2.05, 4.69) is 38.7 Å². The van der Waals surface area contributed by atoms with Crippen molar-refractivity contribution in [2.75, 3.05) is 39.3 Å². The molecule has 25 heavy (non-hydrogen) atoms. The number of rotatable bonds is 6. The fraction of sp³-hybridized carbons (Fsp3) is 0.875. The third-order valence-electron chi connectivity index (χ3n) is 5.32. The Morgan fingerprint density at radius 3 is 2.16 bits per heavy atom. The van der Waals surface area contributed by atoms with Crippen molar-refractivity contribution >= 4 is 24.8 Å². The number of likely N-dealkylation sites (tertiary alicyclic amines) is 1. The Bertz CT molecular complexity index is 485. The molecule has 3 heterocycles. The van der Waals surface area contributed by atoms with Crippen LogP contribution in [0.3, 0.4) is 0 Å². The summed E-state index contributed by atoms with van der Waals surface area (Å²) in [5.74, 6) is 1.27. The minimum Gasteiger partial charge on any atom is -0.338 e.